The van der Waals surface area contributed by atoms with Gasteiger partial charge in [0.1, 0.15) is 5.82 Å². The Morgan fingerprint density at radius 1 is 1.37 bits per heavy atom. The number of aromatic nitrogens is 2. The maximum atomic E-state index is 13.0. The lowest BCUT2D eigenvalue weighted by Crippen LogP contribution is -2.38. The lowest BCUT2D eigenvalue weighted by atomic mass is 9.78. The number of hydrogen-bond donors (Lipinski definition) is 2. The number of Topliss-reactive ketones (excluding diaryl/α,β-unsaturated/α-hetero) is 1. The van der Waals surface area contributed by atoms with Crippen LogP contribution in [0, 0.1) is 18.3 Å². The van der Waals surface area contributed by atoms with Gasteiger partial charge in [0, 0.05) is 27.4 Å². The number of rotatable bonds is 5. The zero-order chi connectivity index (χ0) is 21.4. The molecular weight excluding hydrogens is 440 g/mol. The van der Waals surface area contributed by atoms with Crippen molar-refractivity contribution in [2.45, 2.75) is 36.4 Å². The number of anilines is 1. The van der Waals surface area contributed by atoms with Crippen LogP contribution < -0.4 is 16.4 Å². The van der Waals surface area contributed by atoms with Crippen LogP contribution in [0.3, 0.4) is 0 Å². The van der Waals surface area contributed by atoms with Gasteiger partial charge in [0.15, 0.2) is 10.1 Å². The van der Waals surface area contributed by atoms with Gasteiger partial charge < -0.3 is 11.5 Å². The Labute approximate surface area is 185 Å². The van der Waals surface area contributed by atoms with E-state index >= 15 is 0 Å². The summed E-state index contributed by atoms with van der Waals surface area (Å²) in [7, 11) is 0. The highest BCUT2D eigenvalue weighted by molar-refractivity contribution is 8.01. The average Bonchev–Trinajstić information content (AvgIpc) is 3.34. The largest absolute Gasteiger partial charge is 0.384 e. The number of hydrogen-bond acceptors (Lipinski definition) is 10. The zero-order valence-electron chi connectivity index (χ0n) is 16.0. The first-order valence-electron chi connectivity index (χ1n) is 9.17. The number of thiophene rings is 1. The van der Waals surface area contributed by atoms with Crippen LogP contribution in [0.15, 0.2) is 39.1 Å². The molecule has 4 N–H and O–H groups in total. The fourth-order valence-corrected chi connectivity index (χ4v) is 6.30. The van der Waals surface area contributed by atoms with Crippen LogP contribution in [-0.4, -0.2) is 27.6 Å². The third-order valence-electron chi connectivity index (χ3n) is 4.88. The molecule has 0 fully saturated rings. The number of carbonyl (C=O) groups excluding carboxylic acids is 2. The number of thioether (sulfide) groups is 1. The van der Waals surface area contributed by atoms with E-state index in [4.69, 9.17) is 11.5 Å². The first-order valence-corrected chi connectivity index (χ1v) is 11.8. The number of ketones is 1. The van der Waals surface area contributed by atoms with Gasteiger partial charge in [-0.25, -0.2) is 0 Å². The molecule has 2 aromatic rings. The van der Waals surface area contributed by atoms with Crippen LogP contribution in [-0.2, 0) is 9.59 Å². The summed E-state index contributed by atoms with van der Waals surface area (Å²) in [6, 6.07) is 6.18. The molecule has 3 heterocycles. The molecule has 11 heteroatoms. The number of allylic oxidation sites excluding steroid dienone is 3. The second-order valence-corrected chi connectivity index (χ2v) is 10.4. The van der Waals surface area contributed by atoms with Gasteiger partial charge in [-0.2, -0.15) is 5.26 Å². The SMILES string of the molecule is Cc1ccc(C2C(C#N)=C(N)N(c3nnc(SCC(N)=O)s3)C3=C2C(=O)CCC3)s1. The van der Waals surface area contributed by atoms with Crippen LogP contribution in [0.1, 0.15) is 34.9 Å². The molecule has 0 bridgehead atoms. The van der Waals surface area contributed by atoms with Gasteiger partial charge in [0.2, 0.25) is 11.0 Å². The van der Waals surface area contributed by atoms with Gasteiger partial charge in [0.25, 0.3) is 0 Å². The van der Waals surface area contributed by atoms with Crippen molar-refractivity contribution in [3.05, 3.63) is 44.6 Å². The lowest BCUT2D eigenvalue weighted by molar-refractivity contribution is -0.116. The van der Waals surface area contributed by atoms with Crippen LogP contribution in [0.4, 0.5) is 5.13 Å². The van der Waals surface area contributed by atoms with Crippen molar-refractivity contribution in [2.24, 2.45) is 11.5 Å². The van der Waals surface area contributed by atoms with Gasteiger partial charge in [-0.05, 0) is 31.9 Å². The lowest BCUT2D eigenvalue weighted by Gasteiger charge is -2.37. The fourth-order valence-electron chi connectivity index (χ4n) is 3.68. The molecule has 1 unspecified atom stereocenters. The molecule has 4 rings (SSSR count). The van der Waals surface area contributed by atoms with E-state index in [-0.39, 0.29) is 17.4 Å². The minimum Gasteiger partial charge on any atom is -0.384 e. The van der Waals surface area contributed by atoms with E-state index in [1.807, 2.05) is 19.1 Å². The molecule has 0 radical (unpaired) electrons. The maximum Gasteiger partial charge on any atom is 0.227 e. The Bertz CT molecular complexity index is 1140. The van der Waals surface area contributed by atoms with Gasteiger partial charge in [-0.3, -0.25) is 14.5 Å². The van der Waals surface area contributed by atoms with Crippen molar-refractivity contribution < 1.29 is 9.59 Å². The Hall–Kier alpha value is -2.68. The second-order valence-electron chi connectivity index (χ2n) is 6.87. The van der Waals surface area contributed by atoms with Crippen molar-refractivity contribution in [3.63, 3.8) is 0 Å². The highest BCUT2D eigenvalue weighted by Gasteiger charge is 2.41. The van der Waals surface area contributed by atoms with Crippen molar-refractivity contribution in [3.8, 4) is 6.07 Å². The van der Waals surface area contributed by atoms with E-state index in [1.165, 1.54) is 23.1 Å². The smallest absolute Gasteiger partial charge is 0.227 e. The van der Waals surface area contributed by atoms with Crippen molar-refractivity contribution in [2.75, 3.05) is 10.7 Å². The number of carbonyl (C=O) groups is 2. The van der Waals surface area contributed by atoms with Gasteiger partial charge >= 0.3 is 0 Å². The molecule has 1 aliphatic carbocycles. The molecule has 1 atom stereocenters. The van der Waals surface area contributed by atoms with E-state index in [0.717, 1.165) is 15.5 Å². The summed E-state index contributed by atoms with van der Waals surface area (Å²) in [6.45, 7) is 1.99. The molecule has 2 aromatic heterocycles. The fraction of sp³-hybridized carbons (Fsp3) is 0.316. The Kier molecular flexibility index (Phi) is 5.64. The standard InChI is InChI=1S/C19H18N6O2S3/c1-9-5-6-13(29-9)15-10(7-20)17(22)25(11-3-2-4-12(26)16(11)15)18-23-24-19(30-18)28-8-14(21)27/h5-6,15H,2-4,8,22H2,1H3,(H2,21,27). The molecule has 0 saturated heterocycles. The average molecular weight is 459 g/mol. The zero-order valence-corrected chi connectivity index (χ0v) is 18.5. The summed E-state index contributed by atoms with van der Waals surface area (Å²) in [5.41, 5.74) is 13.4. The summed E-state index contributed by atoms with van der Waals surface area (Å²) in [6.07, 6.45) is 1.81. The summed E-state index contributed by atoms with van der Waals surface area (Å²) in [4.78, 5) is 27.8. The third-order valence-corrected chi connectivity index (χ3v) is 8.01. The number of nitrogens with zero attached hydrogens (tertiary/aromatic N) is 4. The van der Waals surface area contributed by atoms with Crippen LogP contribution in [0.25, 0.3) is 0 Å². The maximum absolute atomic E-state index is 13.0. The third kappa shape index (κ3) is 3.62. The number of nitriles is 1. The van der Waals surface area contributed by atoms with Crippen LogP contribution in [0.5, 0.6) is 0 Å². The predicted molar refractivity (Wildman–Crippen MR) is 117 cm³/mol. The van der Waals surface area contributed by atoms with Gasteiger partial charge in [-0.15, -0.1) is 21.5 Å². The highest BCUT2D eigenvalue weighted by atomic mass is 32.2. The van der Waals surface area contributed by atoms with Crippen molar-refractivity contribution in [1.29, 1.82) is 5.26 Å². The minimum absolute atomic E-state index is 0.0328. The van der Waals surface area contributed by atoms with Gasteiger partial charge in [-0.1, -0.05) is 23.1 Å². The molecule has 0 saturated carbocycles. The Morgan fingerprint density at radius 2 is 2.17 bits per heavy atom. The second kappa shape index (κ2) is 8.22. The normalized spacial score (nSPS) is 19.1. The van der Waals surface area contributed by atoms with E-state index in [2.05, 4.69) is 16.3 Å². The van der Waals surface area contributed by atoms with E-state index in [1.54, 1.807) is 16.2 Å². The number of primary amides is 1. The number of amides is 1. The molecular formula is C19H18N6O2S3. The summed E-state index contributed by atoms with van der Waals surface area (Å²) < 4.78 is 0.565. The molecule has 154 valence electrons. The van der Waals surface area contributed by atoms with Crippen molar-refractivity contribution in [1.82, 2.24) is 10.2 Å². The molecule has 1 amide bonds. The topological polar surface area (TPSA) is 139 Å². The number of nitrogens with two attached hydrogens (primary N) is 2. The summed E-state index contributed by atoms with van der Waals surface area (Å²) >= 11 is 4.01. The van der Waals surface area contributed by atoms with E-state index < -0.39 is 11.8 Å². The Morgan fingerprint density at radius 3 is 2.83 bits per heavy atom. The molecule has 30 heavy (non-hydrogen) atoms. The number of aryl methyl sites for hydroxylation is 1. The highest BCUT2D eigenvalue weighted by Crippen LogP contribution is 2.48. The molecule has 0 spiro atoms. The van der Waals surface area contributed by atoms with E-state index in [0.29, 0.717) is 39.9 Å². The molecule has 2 aliphatic rings. The first kappa shape index (κ1) is 20.6. The monoisotopic (exact) mass is 458 g/mol. The molecule has 1 aliphatic heterocycles. The summed E-state index contributed by atoms with van der Waals surface area (Å²) in [5.74, 6) is -0.507. The van der Waals surface area contributed by atoms with Crippen molar-refractivity contribution >= 4 is 51.3 Å². The molecule has 8 nitrogen and oxygen atoms in total. The first-order chi connectivity index (χ1) is 14.4. The van der Waals surface area contributed by atoms with Crippen LogP contribution in [0.2, 0.25) is 0 Å². The minimum atomic E-state index is -0.454. The van der Waals surface area contributed by atoms with E-state index in [9.17, 15) is 14.9 Å². The van der Waals surface area contributed by atoms with Gasteiger partial charge in [0.05, 0.1) is 23.3 Å². The molecule has 0 aromatic carbocycles. The van der Waals surface area contributed by atoms with Crippen LogP contribution >= 0.6 is 34.4 Å². The predicted octanol–water partition coefficient (Wildman–Crippen LogP) is 2.79. The summed E-state index contributed by atoms with van der Waals surface area (Å²) in [5, 5.41) is 18.7. The Balaban J connectivity index is 1.83. The quantitative estimate of drug-likeness (QED) is 0.652.